The Labute approximate surface area is 114 Å². The van der Waals surface area contributed by atoms with Crippen LogP contribution in [0.2, 0.25) is 0 Å². The van der Waals surface area contributed by atoms with Crippen LogP contribution in [-0.4, -0.2) is 47.1 Å². The van der Waals surface area contributed by atoms with E-state index in [1.807, 2.05) is 0 Å². The van der Waals surface area contributed by atoms with Crippen LogP contribution in [0.5, 0.6) is 0 Å². The van der Waals surface area contributed by atoms with Crippen molar-refractivity contribution in [2.75, 3.05) is 25.5 Å². The van der Waals surface area contributed by atoms with Crippen LogP contribution in [0, 0.1) is 0 Å². The molecule has 0 spiro atoms. The average Bonchev–Trinajstić information content (AvgIpc) is 2.38. The second kappa shape index (κ2) is 7.74. The van der Waals surface area contributed by atoms with Crippen molar-refractivity contribution in [3.05, 3.63) is 23.9 Å². The first-order chi connectivity index (χ1) is 9.02. The molecule has 0 aromatic carbocycles. The van der Waals surface area contributed by atoms with E-state index in [-0.39, 0.29) is 5.56 Å². The Morgan fingerprint density at radius 3 is 2.84 bits per heavy atom. The van der Waals surface area contributed by atoms with Gasteiger partial charge in [0, 0.05) is 18.8 Å². The van der Waals surface area contributed by atoms with E-state index in [0.29, 0.717) is 11.9 Å². The Bertz CT molecular complexity index is 407. The summed E-state index contributed by atoms with van der Waals surface area (Å²) >= 11 is 0. The number of nitrogens with zero attached hydrogens (tertiary/aromatic N) is 2. The lowest BCUT2D eigenvalue weighted by atomic mass is 10.2. The van der Waals surface area contributed by atoms with Gasteiger partial charge in [-0.15, -0.1) is 0 Å². The fourth-order valence-electron chi connectivity index (χ4n) is 1.67. The second-order valence-electron chi connectivity index (χ2n) is 4.91. The van der Waals surface area contributed by atoms with Gasteiger partial charge in [-0.2, -0.15) is 0 Å². The predicted octanol–water partition coefficient (Wildman–Crippen LogP) is 2.31. The van der Waals surface area contributed by atoms with E-state index >= 15 is 0 Å². The van der Waals surface area contributed by atoms with Gasteiger partial charge in [0.1, 0.15) is 11.4 Å². The topological polar surface area (TPSA) is 65.5 Å². The normalized spacial score (nSPS) is 11.0. The molecular formula is C14H23N3O2. The van der Waals surface area contributed by atoms with Gasteiger partial charge in [0.25, 0.3) is 0 Å². The Balaban J connectivity index is 2.32. The number of anilines is 1. The summed E-state index contributed by atoms with van der Waals surface area (Å²) in [6.45, 7) is 6.13. The van der Waals surface area contributed by atoms with E-state index in [2.05, 4.69) is 36.1 Å². The van der Waals surface area contributed by atoms with E-state index in [1.165, 1.54) is 0 Å². The zero-order valence-corrected chi connectivity index (χ0v) is 11.9. The number of carbonyl (C=O) groups is 1. The zero-order valence-electron chi connectivity index (χ0n) is 11.9. The maximum Gasteiger partial charge on any atom is 0.339 e. The van der Waals surface area contributed by atoms with Gasteiger partial charge < -0.3 is 15.3 Å². The van der Waals surface area contributed by atoms with Crippen molar-refractivity contribution in [3.8, 4) is 0 Å². The third-order valence-electron chi connectivity index (χ3n) is 3.15. The van der Waals surface area contributed by atoms with Gasteiger partial charge >= 0.3 is 5.97 Å². The second-order valence-corrected chi connectivity index (χ2v) is 4.91. The standard InChI is InChI=1S/C14H23N3O2/c1-11(2)17(3)10-5-4-8-15-13-12(14(18)19)7-6-9-16-13/h6-7,9,11H,4-5,8,10H2,1-3H3,(H,15,16)(H,18,19). The zero-order chi connectivity index (χ0) is 14.3. The summed E-state index contributed by atoms with van der Waals surface area (Å²) in [6.07, 6.45) is 3.67. The van der Waals surface area contributed by atoms with Crippen molar-refractivity contribution in [1.29, 1.82) is 0 Å². The van der Waals surface area contributed by atoms with Crippen molar-refractivity contribution in [3.63, 3.8) is 0 Å². The lowest BCUT2D eigenvalue weighted by molar-refractivity contribution is 0.0697. The minimum absolute atomic E-state index is 0.224. The van der Waals surface area contributed by atoms with E-state index in [0.717, 1.165) is 25.9 Å². The van der Waals surface area contributed by atoms with Crippen molar-refractivity contribution >= 4 is 11.8 Å². The lowest BCUT2D eigenvalue weighted by Gasteiger charge is -2.20. The highest BCUT2D eigenvalue weighted by molar-refractivity contribution is 5.92. The molecule has 0 aliphatic heterocycles. The van der Waals surface area contributed by atoms with E-state index in [9.17, 15) is 4.79 Å². The van der Waals surface area contributed by atoms with Crippen LogP contribution in [0.25, 0.3) is 0 Å². The maximum atomic E-state index is 11.0. The molecule has 5 heteroatoms. The number of hydrogen-bond donors (Lipinski definition) is 2. The largest absolute Gasteiger partial charge is 0.478 e. The molecule has 2 N–H and O–H groups in total. The Morgan fingerprint density at radius 1 is 1.47 bits per heavy atom. The van der Waals surface area contributed by atoms with Crippen molar-refractivity contribution in [2.45, 2.75) is 32.7 Å². The molecule has 0 atom stereocenters. The summed E-state index contributed by atoms with van der Waals surface area (Å²) in [6, 6.07) is 3.75. The maximum absolute atomic E-state index is 11.0. The van der Waals surface area contributed by atoms with Crippen LogP contribution in [0.1, 0.15) is 37.0 Å². The highest BCUT2D eigenvalue weighted by atomic mass is 16.4. The van der Waals surface area contributed by atoms with Gasteiger partial charge in [0.15, 0.2) is 0 Å². The molecule has 1 aromatic rings. The summed E-state index contributed by atoms with van der Waals surface area (Å²) in [7, 11) is 2.11. The molecule has 0 aliphatic carbocycles. The Morgan fingerprint density at radius 2 is 2.21 bits per heavy atom. The van der Waals surface area contributed by atoms with E-state index < -0.39 is 5.97 Å². The molecule has 0 bridgehead atoms. The van der Waals surface area contributed by atoms with Gasteiger partial charge in [-0.3, -0.25) is 0 Å². The lowest BCUT2D eigenvalue weighted by Crippen LogP contribution is -2.27. The minimum Gasteiger partial charge on any atom is -0.478 e. The quantitative estimate of drug-likeness (QED) is 0.706. The third kappa shape index (κ3) is 5.26. The first-order valence-electron chi connectivity index (χ1n) is 6.64. The van der Waals surface area contributed by atoms with Crippen LogP contribution in [0.4, 0.5) is 5.82 Å². The molecule has 0 amide bonds. The molecule has 5 nitrogen and oxygen atoms in total. The number of nitrogens with one attached hydrogen (secondary N) is 1. The first-order valence-corrected chi connectivity index (χ1v) is 6.64. The van der Waals surface area contributed by atoms with Gasteiger partial charge in [0.2, 0.25) is 0 Å². The number of pyridine rings is 1. The number of carboxylic acids is 1. The molecule has 1 rings (SSSR count). The monoisotopic (exact) mass is 265 g/mol. The number of aromatic carboxylic acids is 1. The summed E-state index contributed by atoms with van der Waals surface area (Å²) in [5.41, 5.74) is 0.224. The van der Waals surface area contributed by atoms with Crippen molar-refractivity contribution < 1.29 is 9.90 Å². The Kier molecular flexibility index (Phi) is 6.29. The summed E-state index contributed by atoms with van der Waals surface area (Å²) in [4.78, 5) is 17.3. The van der Waals surface area contributed by atoms with E-state index in [4.69, 9.17) is 5.11 Å². The van der Waals surface area contributed by atoms with Gasteiger partial charge in [-0.25, -0.2) is 9.78 Å². The molecule has 19 heavy (non-hydrogen) atoms. The molecule has 106 valence electrons. The molecule has 0 unspecified atom stereocenters. The fraction of sp³-hybridized carbons (Fsp3) is 0.571. The number of aromatic nitrogens is 1. The number of unbranched alkanes of at least 4 members (excludes halogenated alkanes) is 1. The van der Waals surface area contributed by atoms with Crippen LogP contribution >= 0.6 is 0 Å². The van der Waals surface area contributed by atoms with Crippen molar-refractivity contribution in [1.82, 2.24) is 9.88 Å². The fourth-order valence-corrected chi connectivity index (χ4v) is 1.67. The molecule has 0 aliphatic rings. The van der Waals surface area contributed by atoms with Crippen LogP contribution in [0.3, 0.4) is 0 Å². The highest BCUT2D eigenvalue weighted by Crippen LogP contribution is 2.11. The van der Waals surface area contributed by atoms with Gasteiger partial charge in [-0.1, -0.05) is 0 Å². The van der Waals surface area contributed by atoms with Crippen LogP contribution in [0.15, 0.2) is 18.3 Å². The molecular weight excluding hydrogens is 242 g/mol. The molecule has 1 heterocycles. The molecule has 0 fully saturated rings. The minimum atomic E-state index is -0.949. The highest BCUT2D eigenvalue weighted by Gasteiger charge is 2.09. The summed E-state index contributed by atoms with van der Waals surface area (Å²) in [5.74, 6) is -0.498. The average molecular weight is 265 g/mol. The summed E-state index contributed by atoms with van der Waals surface area (Å²) in [5, 5.41) is 12.1. The number of hydrogen-bond acceptors (Lipinski definition) is 4. The first kappa shape index (κ1) is 15.4. The molecule has 0 saturated heterocycles. The van der Waals surface area contributed by atoms with Gasteiger partial charge in [0.05, 0.1) is 0 Å². The number of rotatable bonds is 8. The SMILES string of the molecule is CC(C)N(C)CCCCNc1ncccc1C(=O)O. The van der Waals surface area contributed by atoms with Gasteiger partial charge in [-0.05, 0) is 52.4 Å². The number of carboxylic acid groups (broad SMARTS) is 1. The Hall–Kier alpha value is -1.62. The third-order valence-corrected chi connectivity index (χ3v) is 3.15. The molecule has 1 aromatic heterocycles. The molecule has 0 radical (unpaired) electrons. The van der Waals surface area contributed by atoms with Crippen LogP contribution < -0.4 is 5.32 Å². The predicted molar refractivity (Wildman–Crippen MR) is 76.7 cm³/mol. The van der Waals surface area contributed by atoms with Crippen molar-refractivity contribution in [2.24, 2.45) is 0 Å². The van der Waals surface area contributed by atoms with E-state index in [1.54, 1.807) is 18.3 Å². The van der Waals surface area contributed by atoms with Crippen LogP contribution in [-0.2, 0) is 0 Å². The molecule has 0 saturated carbocycles. The smallest absolute Gasteiger partial charge is 0.339 e. The summed E-state index contributed by atoms with van der Waals surface area (Å²) < 4.78 is 0.